The molecule has 8 nitrogen and oxygen atoms in total. The van der Waals surface area contributed by atoms with E-state index in [0.717, 1.165) is 30.8 Å². The molecule has 0 amide bonds. The lowest BCUT2D eigenvalue weighted by atomic mass is 10.3. The van der Waals surface area contributed by atoms with Gasteiger partial charge >= 0.3 is 0 Å². The van der Waals surface area contributed by atoms with Crippen LogP contribution in [-0.4, -0.2) is 46.4 Å². The summed E-state index contributed by atoms with van der Waals surface area (Å²) in [5, 5.41) is 8.51. The van der Waals surface area contributed by atoms with Crippen LogP contribution in [0.1, 0.15) is 16.9 Å². The Morgan fingerprint density at radius 3 is 3.08 bits per heavy atom. The molecule has 1 fully saturated rings. The fourth-order valence-electron chi connectivity index (χ4n) is 2.91. The van der Waals surface area contributed by atoms with E-state index >= 15 is 0 Å². The second kappa shape index (κ2) is 6.64. The summed E-state index contributed by atoms with van der Waals surface area (Å²) in [4.78, 5) is 2.17. The Morgan fingerprint density at radius 1 is 1.40 bits per heavy atom. The molecular formula is C17H21N5O3. The number of ether oxygens (including phenoxy) is 2. The largest absolute Gasteiger partial charge is 0.459 e. The molecule has 1 saturated heterocycles. The van der Waals surface area contributed by atoms with Gasteiger partial charge < -0.3 is 18.8 Å². The Balaban J connectivity index is 1.36. The number of nitrogens with zero attached hydrogens (tertiary/aromatic N) is 4. The molecule has 2 aromatic heterocycles. The van der Waals surface area contributed by atoms with Gasteiger partial charge in [-0.25, -0.2) is 5.43 Å². The van der Waals surface area contributed by atoms with Crippen LogP contribution in [0.4, 0.5) is 0 Å². The summed E-state index contributed by atoms with van der Waals surface area (Å²) >= 11 is 0. The first-order valence-corrected chi connectivity index (χ1v) is 8.30. The van der Waals surface area contributed by atoms with Crippen molar-refractivity contribution >= 4 is 5.90 Å². The van der Waals surface area contributed by atoms with Crippen LogP contribution in [0, 0.1) is 13.8 Å². The molecule has 2 aliphatic heterocycles. The Morgan fingerprint density at radius 2 is 2.32 bits per heavy atom. The smallest absolute Gasteiger partial charge is 0.281 e. The van der Waals surface area contributed by atoms with Gasteiger partial charge in [0, 0.05) is 24.8 Å². The monoisotopic (exact) mass is 343 g/mol. The maximum Gasteiger partial charge on any atom is 0.281 e. The second-order valence-corrected chi connectivity index (χ2v) is 6.28. The molecule has 0 bridgehead atoms. The Kier molecular flexibility index (Phi) is 4.19. The predicted octanol–water partition coefficient (Wildman–Crippen LogP) is 1.57. The highest BCUT2D eigenvalue weighted by molar-refractivity contribution is 5.94. The third kappa shape index (κ3) is 3.53. The molecule has 0 saturated carbocycles. The molecule has 1 N–H and O–H groups in total. The van der Waals surface area contributed by atoms with E-state index < -0.39 is 0 Å². The van der Waals surface area contributed by atoms with Crippen LogP contribution in [0.3, 0.4) is 0 Å². The van der Waals surface area contributed by atoms with Crippen molar-refractivity contribution in [2.24, 2.45) is 5.10 Å². The van der Waals surface area contributed by atoms with E-state index in [-0.39, 0.29) is 6.10 Å². The predicted molar refractivity (Wildman–Crippen MR) is 90.6 cm³/mol. The second-order valence-electron chi connectivity index (χ2n) is 6.28. The van der Waals surface area contributed by atoms with Crippen LogP contribution in [0.15, 0.2) is 46.3 Å². The maximum absolute atomic E-state index is 5.84. The van der Waals surface area contributed by atoms with Crippen molar-refractivity contribution in [2.75, 3.05) is 19.7 Å². The van der Waals surface area contributed by atoms with Gasteiger partial charge in [0.1, 0.15) is 0 Å². The maximum atomic E-state index is 5.84. The molecule has 1 unspecified atom stereocenters. The first kappa shape index (κ1) is 15.8. The van der Waals surface area contributed by atoms with Gasteiger partial charge in [-0.2, -0.15) is 5.10 Å². The number of hydrogen-bond acceptors (Lipinski definition) is 7. The highest BCUT2D eigenvalue weighted by atomic mass is 16.5. The topological polar surface area (TPSA) is 77.1 Å². The number of hydrazone groups is 1. The van der Waals surface area contributed by atoms with E-state index in [4.69, 9.17) is 13.9 Å². The van der Waals surface area contributed by atoms with Gasteiger partial charge in [0.15, 0.2) is 5.76 Å². The molecule has 2 aromatic rings. The molecule has 0 aromatic carbocycles. The lowest BCUT2D eigenvalue weighted by molar-refractivity contribution is -0.0233. The summed E-state index contributed by atoms with van der Waals surface area (Å²) in [5.41, 5.74) is 5.04. The van der Waals surface area contributed by atoms with Gasteiger partial charge in [-0.3, -0.25) is 4.68 Å². The number of hydrogen-bond donors (Lipinski definition) is 1. The van der Waals surface area contributed by atoms with Gasteiger partial charge in [-0.1, -0.05) is 0 Å². The van der Waals surface area contributed by atoms with E-state index in [9.17, 15) is 0 Å². The first-order valence-electron chi connectivity index (χ1n) is 8.30. The molecule has 25 heavy (non-hydrogen) atoms. The highest BCUT2D eigenvalue weighted by Crippen LogP contribution is 2.17. The summed E-state index contributed by atoms with van der Waals surface area (Å²) in [7, 11) is 0. The van der Waals surface area contributed by atoms with Gasteiger partial charge in [0.2, 0.25) is 5.88 Å². The minimum atomic E-state index is 0.0824. The van der Waals surface area contributed by atoms with Crippen molar-refractivity contribution in [3.8, 4) is 0 Å². The molecule has 0 spiro atoms. The SMILES string of the molecule is Cc1cnn(CC2CN(C=C3NN=C(c4occc4C)O3)CCO2)c1. The molecule has 2 aliphatic rings. The van der Waals surface area contributed by atoms with Crippen molar-refractivity contribution < 1.29 is 13.9 Å². The highest BCUT2D eigenvalue weighted by Gasteiger charge is 2.23. The standard InChI is InChI=1S/C17H21N5O3/c1-12-7-18-22(8-12)10-14-9-21(4-6-23-14)11-15-19-20-17(25-15)16-13(2)3-5-24-16/h3,5,7-8,11,14,19H,4,6,9-10H2,1-2H3. The average Bonchev–Trinajstić information content (AvgIpc) is 3.30. The fourth-order valence-corrected chi connectivity index (χ4v) is 2.91. The number of aryl methyl sites for hydroxylation is 2. The lowest BCUT2D eigenvalue weighted by Crippen LogP contribution is -2.42. The van der Waals surface area contributed by atoms with Crippen LogP contribution in [-0.2, 0) is 16.0 Å². The van der Waals surface area contributed by atoms with E-state index in [1.807, 2.05) is 43.2 Å². The van der Waals surface area contributed by atoms with E-state index in [1.54, 1.807) is 6.26 Å². The molecule has 8 heteroatoms. The number of nitrogens with one attached hydrogen (secondary N) is 1. The molecule has 0 aliphatic carbocycles. The summed E-state index contributed by atoms with van der Waals surface area (Å²) in [6, 6.07) is 1.88. The van der Waals surface area contributed by atoms with Crippen LogP contribution >= 0.6 is 0 Å². The van der Waals surface area contributed by atoms with Crippen molar-refractivity contribution in [1.82, 2.24) is 20.1 Å². The van der Waals surface area contributed by atoms with Gasteiger partial charge in [-0.05, 0) is 25.5 Å². The van der Waals surface area contributed by atoms with Crippen LogP contribution in [0.25, 0.3) is 0 Å². The molecule has 4 heterocycles. The molecule has 132 valence electrons. The van der Waals surface area contributed by atoms with Crippen LogP contribution < -0.4 is 5.43 Å². The average molecular weight is 343 g/mol. The summed E-state index contributed by atoms with van der Waals surface area (Å²) in [5.74, 6) is 1.68. The minimum absolute atomic E-state index is 0.0824. The van der Waals surface area contributed by atoms with Crippen LogP contribution in [0.2, 0.25) is 0 Å². The zero-order valence-corrected chi connectivity index (χ0v) is 14.3. The Hall–Kier alpha value is -2.74. The number of aromatic nitrogens is 2. The normalized spacial score (nSPS) is 22.0. The van der Waals surface area contributed by atoms with Gasteiger partial charge in [0.25, 0.3) is 5.90 Å². The van der Waals surface area contributed by atoms with E-state index in [0.29, 0.717) is 24.1 Å². The summed E-state index contributed by atoms with van der Waals surface area (Å²) in [6.45, 7) is 6.95. The number of morpholine rings is 1. The third-order valence-electron chi connectivity index (χ3n) is 4.15. The zero-order valence-electron chi connectivity index (χ0n) is 14.3. The third-order valence-corrected chi connectivity index (χ3v) is 4.15. The fraction of sp³-hybridized carbons (Fsp3) is 0.412. The van der Waals surface area contributed by atoms with Crippen molar-refractivity contribution in [2.45, 2.75) is 26.5 Å². The quantitative estimate of drug-likeness (QED) is 0.908. The zero-order chi connectivity index (χ0) is 17.2. The Labute approximate surface area is 145 Å². The molecule has 1 atom stereocenters. The van der Waals surface area contributed by atoms with Crippen molar-refractivity contribution in [3.63, 3.8) is 0 Å². The lowest BCUT2D eigenvalue weighted by Gasteiger charge is -2.32. The van der Waals surface area contributed by atoms with Gasteiger partial charge in [-0.15, -0.1) is 5.10 Å². The number of rotatable bonds is 4. The Bertz CT molecular complexity index is 807. The summed E-state index contributed by atoms with van der Waals surface area (Å²) < 4.78 is 18.9. The van der Waals surface area contributed by atoms with Crippen LogP contribution in [0.5, 0.6) is 0 Å². The first-order chi connectivity index (χ1) is 12.2. The number of furan rings is 1. The van der Waals surface area contributed by atoms with E-state index in [2.05, 4.69) is 20.5 Å². The molecule has 0 radical (unpaired) electrons. The van der Waals surface area contributed by atoms with Crippen molar-refractivity contribution in [1.29, 1.82) is 0 Å². The van der Waals surface area contributed by atoms with Crippen molar-refractivity contribution in [3.05, 3.63) is 53.7 Å². The van der Waals surface area contributed by atoms with Gasteiger partial charge in [0.05, 0.1) is 37.9 Å². The molecule has 4 rings (SSSR count). The minimum Gasteiger partial charge on any atom is -0.459 e. The van der Waals surface area contributed by atoms with E-state index in [1.165, 1.54) is 0 Å². The molecular weight excluding hydrogens is 322 g/mol. The summed E-state index contributed by atoms with van der Waals surface area (Å²) in [6.07, 6.45) is 7.52.